The Morgan fingerprint density at radius 3 is 2.55 bits per heavy atom. The Labute approximate surface area is 123 Å². The lowest BCUT2D eigenvalue weighted by atomic mass is 9.89. The molecular weight excluding hydrogens is 254 g/mol. The Kier molecular flexibility index (Phi) is 7.52. The number of aliphatic hydroxyl groups excluding tert-OH is 1. The number of carbonyl (C=O) groups is 1. The van der Waals surface area contributed by atoms with Gasteiger partial charge < -0.3 is 15.2 Å². The van der Waals surface area contributed by atoms with Crippen molar-refractivity contribution in [2.75, 3.05) is 13.2 Å². The third kappa shape index (κ3) is 6.23. The van der Waals surface area contributed by atoms with E-state index in [0.717, 1.165) is 12.8 Å². The summed E-state index contributed by atoms with van der Waals surface area (Å²) in [6, 6.07) is 0. The molecule has 20 heavy (non-hydrogen) atoms. The summed E-state index contributed by atoms with van der Waals surface area (Å²) in [5.74, 6) is -0.0101. The van der Waals surface area contributed by atoms with Gasteiger partial charge in [0.25, 0.3) is 0 Å². The molecule has 0 spiro atoms. The summed E-state index contributed by atoms with van der Waals surface area (Å²) in [6.07, 6.45) is 7.21. The molecule has 1 atom stereocenters. The van der Waals surface area contributed by atoms with E-state index in [9.17, 15) is 4.79 Å². The summed E-state index contributed by atoms with van der Waals surface area (Å²) in [4.78, 5) is 12.2. The molecule has 1 rings (SSSR count). The van der Waals surface area contributed by atoms with Gasteiger partial charge in [-0.05, 0) is 31.1 Å². The van der Waals surface area contributed by atoms with Gasteiger partial charge in [0.1, 0.15) is 6.10 Å². The molecule has 4 nitrogen and oxygen atoms in total. The number of hydrogen-bond donors (Lipinski definition) is 2. The fourth-order valence-corrected chi connectivity index (χ4v) is 2.61. The number of aliphatic hydroxyl groups is 1. The van der Waals surface area contributed by atoms with Crippen LogP contribution in [0, 0.1) is 5.41 Å². The number of carbonyl (C=O) groups excluding carboxylic acids is 1. The summed E-state index contributed by atoms with van der Waals surface area (Å²) >= 11 is 0. The Bertz CT molecular complexity index is 285. The maximum atomic E-state index is 12.2. The molecule has 0 aromatic heterocycles. The molecule has 1 aliphatic rings. The number of ether oxygens (including phenoxy) is 1. The van der Waals surface area contributed by atoms with Crippen molar-refractivity contribution in [2.45, 2.75) is 77.9 Å². The molecule has 0 radical (unpaired) electrons. The fraction of sp³-hybridized carbons (Fsp3) is 0.938. The van der Waals surface area contributed by atoms with Gasteiger partial charge in [-0.2, -0.15) is 0 Å². The van der Waals surface area contributed by atoms with Crippen LogP contribution in [0.15, 0.2) is 0 Å². The SMILES string of the molecule is CCC(OC1CCCCC1)C(=O)NCC(C)(C)CCO. The second kappa shape index (κ2) is 8.63. The number of hydrogen-bond acceptors (Lipinski definition) is 3. The molecule has 0 saturated heterocycles. The van der Waals surface area contributed by atoms with E-state index in [1.807, 2.05) is 20.8 Å². The van der Waals surface area contributed by atoms with Crippen molar-refractivity contribution in [3.63, 3.8) is 0 Å². The van der Waals surface area contributed by atoms with E-state index in [1.54, 1.807) is 0 Å². The normalized spacial score (nSPS) is 18.8. The molecule has 1 aliphatic carbocycles. The summed E-state index contributed by atoms with van der Waals surface area (Å²) in [6.45, 7) is 6.82. The number of amides is 1. The topological polar surface area (TPSA) is 58.6 Å². The zero-order valence-corrected chi connectivity index (χ0v) is 13.3. The molecule has 0 heterocycles. The maximum Gasteiger partial charge on any atom is 0.249 e. The Morgan fingerprint density at radius 1 is 1.35 bits per heavy atom. The largest absolute Gasteiger partial charge is 0.396 e. The first-order valence-electron chi connectivity index (χ1n) is 8.02. The molecular formula is C16H31NO3. The van der Waals surface area contributed by atoms with Crippen molar-refractivity contribution < 1.29 is 14.6 Å². The molecule has 118 valence electrons. The number of nitrogens with one attached hydrogen (secondary N) is 1. The van der Waals surface area contributed by atoms with Crippen LogP contribution in [-0.4, -0.2) is 36.4 Å². The van der Waals surface area contributed by atoms with Crippen molar-refractivity contribution in [2.24, 2.45) is 5.41 Å². The van der Waals surface area contributed by atoms with Gasteiger partial charge in [-0.25, -0.2) is 0 Å². The highest BCUT2D eigenvalue weighted by molar-refractivity contribution is 5.80. The monoisotopic (exact) mass is 285 g/mol. The van der Waals surface area contributed by atoms with Crippen LogP contribution in [0.1, 0.15) is 65.7 Å². The third-order valence-electron chi connectivity index (χ3n) is 4.10. The zero-order chi connectivity index (χ0) is 15.0. The fourth-order valence-electron chi connectivity index (χ4n) is 2.61. The Morgan fingerprint density at radius 2 is 2.00 bits per heavy atom. The van der Waals surface area contributed by atoms with Gasteiger partial charge in [0.15, 0.2) is 0 Å². The van der Waals surface area contributed by atoms with Crippen LogP contribution < -0.4 is 5.32 Å². The minimum absolute atomic E-state index is 0.0101. The summed E-state index contributed by atoms with van der Waals surface area (Å²) < 4.78 is 5.97. The van der Waals surface area contributed by atoms with E-state index in [4.69, 9.17) is 9.84 Å². The first kappa shape index (κ1) is 17.4. The van der Waals surface area contributed by atoms with Crippen molar-refractivity contribution in [1.82, 2.24) is 5.32 Å². The summed E-state index contributed by atoms with van der Waals surface area (Å²) in [5.41, 5.74) is -0.0759. The van der Waals surface area contributed by atoms with E-state index in [-0.39, 0.29) is 30.1 Å². The Balaban J connectivity index is 2.38. The van der Waals surface area contributed by atoms with Gasteiger partial charge in [0.05, 0.1) is 6.10 Å². The minimum atomic E-state index is -0.331. The Hall–Kier alpha value is -0.610. The standard InChI is InChI=1S/C16H31NO3/c1-4-14(20-13-8-6-5-7-9-13)15(19)17-12-16(2,3)10-11-18/h13-14,18H,4-12H2,1-3H3,(H,17,19). The number of rotatable bonds is 8. The van der Waals surface area contributed by atoms with Crippen LogP contribution in [0.5, 0.6) is 0 Å². The average Bonchev–Trinajstić information content (AvgIpc) is 2.43. The van der Waals surface area contributed by atoms with Gasteiger partial charge in [-0.15, -0.1) is 0 Å². The lowest BCUT2D eigenvalue weighted by Crippen LogP contribution is -2.42. The van der Waals surface area contributed by atoms with E-state index >= 15 is 0 Å². The molecule has 0 aromatic carbocycles. The molecule has 1 saturated carbocycles. The quantitative estimate of drug-likeness (QED) is 0.721. The third-order valence-corrected chi connectivity index (χ3v) is 4.10. The molecule has 1 fully saturated rings. The first-order chi connectivity index (χ1) is 9.48. The van der Waals surface area contributed by atoms with Gasteiger partial charge >= 0.3 is 0 Å². The molecule has 1 amide bonds. The molecule has 1 unspecified atom stereocenters. The summed E-state index contributed by atoms with van der Waals surface area (Å²) in [7, 11) is 0. The van der Waals surface area contributed by atoms with Crippen molar-refractivity contribution >= 4 is 5.91 Å². The van der Waals surface area contributed by atoms with E-state index < -0.39 is 0 Å². The first-order valence-corrected chi connectivity index (χ1v) is 8.02. The van der Waals surface area contributed by atoms with Crippen LogP contribution >= 0.6 is 0 Å². The second-order valence-corrected chi connectivity index (χ2v) is 6.65. The highest BCUT2D eigenvalue weighted by atomic mass is 16.5. The molecule has 4 heteroatoms. The average molecular weight is 285 g/mol. The van der Waals surface area contributed by atoms with E-state index in [1.165, 1.54) is 19.3 Å². The lowest BCUT2D eigenvalue weighted by molar-refractivity contribution is -0.138. The van der Waals surface area contributed by atoms with Crippen LogP contribution in [0.3, 0.4) is 0 Å². The zero-order valence-electron chi connectivity index (χ0n) is 13.3. The predicted octanol–water partition coefficient (Wildman–Crippen LogP) is 2.64. The van der Waals surface area contributed by atoms with E-state index in [0.29, 0.717) is 19.4 Å². The van der Waals surface area contributed by atoms with Gasteiger partial charge in [0.2, 0.25) is 5.91 Å². The lowest BCUT2D eigenvalue weighted by Gasteiger charge is -2.28. The maximum absolute atomic E-state index is 12.2. The van der Waals surface area contributed by atoms with Crippen molar-refractivity contribution in [1.29, 1.82) is 0 Å². The predicted molar refractivity (Wildman–Crippen MR) is 80.5 cm³/mol. The second-order valence-electron chi connectivity index (χ2n) is 6.65. The molecule has 0 aliphatic heterocycles. The van der Waals surface area contributed by atoms with Crippen LogP contribution in [0.2, 0.25) is 0 Å². The summed E-state index contributed by atoms with van der Waals surface area (Å²) in [5, 5.41) is 12.0. The van der Waals surface area contributed by atoms with Crippen molar-refractivity contribution in [3.05, 3.63) is 0 Å². The molecule has 0 bridgehead atoms. The smallest absolute Gasteiger partial charge is 0.249 e. The van der Waals surface area contributed by atoms with E-state index in [2.05, 4.69) is 5.32 Å². The van der Waals surface area contributed by atoms with Gasteiger partial charge in [0, 0.05) is 13.2 Å². The van der Waals surface area contributed by atoms with Crippen LogP contribution in [0.4, 0.5) is 0 Å². The highest BCUT2D eigenvalue weighted by Crippen LogP contribution is 2.22. The van der Waals surface area contributed by atoms with Crippen LogP contribution in [0.25, 0.3) is 0 Å². The molecule has 0 aromatic rings. The minimum Gasteiger partial charge on any atom is -0.396 e. The van der Waals surface area contributed by atoms with Crippen molar-refractivity contribution in [3.8, 4) is 0 Å². The van der Waals surface area contributed by atoms with Gasteiger partial charge in [-0.3, -0.25) is 4.79 Å². The van der Waals surface area contributed by atoms with Crippen LogP contribution in [-0.2, 0) is 9.53 Å². The molecule has 2 N–H and O–H groups in total. The van der Waals surface area contributed by atoms with Gasteiger partial charge in [-0.1, -0.05) is 40.0 Å². The highest BCUT2D eigenvalue weighted by Gasteiger charge is 2.25.